The number of nitrogens with zero attached hydrogens (tertiary/aromatic N) is 3. The van der Waals surface area contributed by atoms with Gasteiger partial charge in [0.15, 0.2) is 0 Å². The molecule has 0 bridgehead atoms. The zero-order valence-electron chi connectivity index (χ0n) is 22.7. The standard InChI is InChI=1S/C29H28N4O8/c1-4-29(41-25(37)12-30-23(34)8-9-24(35)36)20-11-22-26-17(14-33(22)27(38)19(20)15-40-28(29)39)10-18-16(13-32(2)3)6-5-7-21(18)31-26/h5-11H,4,12-15H2,1-3H3,(H,30,34)(H,35,36)/b9-8+/t29-/m0/s1. The first-order chi connectivity index (χ1) is 19.5. The Bertz CT molecular complexity index is 1710. The number of esters is 2. The normalized spacial score (nSPS) is 17.2. The molecular weight excluding hydrogens is 532 g/mol. The molecule has 2 aromatic heterocycles. The lowest BCUT2D eigenvalue weighted by molar-refractivity contribution is -0.189. The Morgan fingerprint density at radius 1 is 1.22 bits per heavy atom. The van der Waals surface area contributed by atoms with Crippen molar-refractivity contribution in [3.8, 4) is 11.4 Å². The predicted molar refractivity (Wildman–Crippen MR) is 146 cm³/mol. The molecule has 0 spiro atoms. The lowest BCUT2D eigenvalue weighted by atomic mass is 9.85. The molecule has 2 N–H and O–H groups in total. The Kier molecular flexibility index (Phi) is 7.18. The summed E-state index contributed by atoms with van der Waals surface area (Å²) < 4.78 is 12.5. The molecule has 0 aliphatic carbocycles. The average Bonchev–Trinajstić information content (AvgIpc) is 3.29. The molecule has 1 amide bonds. The molecule has 41 heavy (non-hydrogen) atoms. The molecule has 1 aromatic carbocycles. The molecule has 0 radical (unpaired) electrons. The monoisotopic (exact) mass is 560 g/mol. The van der Waals surface area contributed by atoms with Crippen LogP contribution in [0, 0.1) is 0 Å². The number of pyridine rings is 2. The first kappa shape index (κ1) is 27.7. The van der Waals surface area contributed by atoms with Crippen LogP contribution in [0.5, 0.6) is 0 Å². The smallest absolute Gasteiger partial charge is 0.355 e. The van der Waals surface area contributed by atoms with Gasteiger partial charge in [0.2, 0.25) is 11.5 Å². The second-order valence-corrected chi connectivity index (χ2v) is 10.2. The molecule has 1 atom stereocenters. The second kappa shape index (κ2) is 10.6. The summed E-state index contributed by atoms with van der Waals surface area (Å²) in [6.07, 6.45) is 1.33. The number of carboxylic acids is 1. The Balaban J connectivity index is 1.54. The number of nitrogens with one attached hydrogen (secondary N) is 1. The maximum Gasteiger partial charge on any atom is 0.355 e. The first-order valence-corrected chi connectivity index (χ1v) is 13.0. The van der Waals surface area contributed by atoms with Gasteiger partial charge in [0.05, 0.1) is 29.0 Å². The van der Waals surface area contributed by atoms with E-state index in [2.05, 4.69) is 10.2 Å². The van der Waals surface area contributed by atoms with Crippen molar-refractivity contribution >= 4 is 34.7 Å². The van der Waals surface area contributed by atoms with Crippen molar-refractivity contribution in [1.29, 1.82) is 0 Å². The van der Waals surface area contributed by atoms with Crippen molar-refractivity contribution in [2.75, 3.05) is 20.6 Å². The molecule has 5 rings (SSSR count). The quantitative estimate of drug-likeness (QED) is 0.239. The number of carboxylic acid groups (broad SMARTS) is 1. The van der Waals surface area contributed by atoms with Crippen LogP contribution in [0.1, 0.15) is 35.6 Å². The van der Waals surface area contributed by atoms with Crippen LogP contribution in [-0.4, -0.2) is 64.0 Å². The molecule has 12 heteroatoms. The fourth-order valence-corrected chi connectivity index (χ4v) is 5.30. The number of rotatable bonds is 8. The fraction of sp³-hybridized carbons (Fsp3) is 0.310. The second-order valence-electron chi connectivity index (χ2n) is 10.2. The van der Waals surface area contributed by atoms with Crippen LogP contribution in [0.15, 0.2) is 47.3 Å². The van der Waals surface area contributed by atoms with Gasteiger partial charge in [0.1, 0.15) is 13.2 Å². The fourth-order valence-electron chi connectivity index (χ4n) is 5.30. The Labute approximate surface area is 234 Å². The highest BCUT2D eigenvalue weighted by Gasteiger charge is 2.50. The minimum Gasteiger partial charge on any atom is -0.478 e. The minimum absolute atomic E-state index is 0.0355. The summed E-state index contributed by atoms with van der Waals surface area (Å²) in [6, 6.07) is 9.59. The van der Waals surface area contributed by atoms with Crippen molar-refractivity contribution in [2.45, 2.75) is 38.6 Å². The van der Waals surface area contributed by atoms with Gasteiger partial charge in [-0.05, 0) is 44.3 Å². The highest BCUT2D eigenvalue weighted by Crippen LogP contribution is 2.41. The van der Waals surface area contributed by atoms with Crippen LogP contribution in [-0.2, 0) is 53.9 Å². The third kappa shape index (κ3) is 4.97. The van der Waals surface area contributed by atoms with Crippen molar-refractivity contribution in [1.82, 2.24) is 19.8 Å². The lowest BCUT2D eigenvalue weighted by Gasteiger charge is -2.35. The van der Waals surface area contributed by atoms with Gasteiger partial charge in [-0.25, -0.2) is 14.6 Å². The van der Waals surface area contributed by atoms with Crippen molar-refractivity contribution < 1.29 is 33.8 Å². The third-order valence-corrected chi connectivity index (χ3v) is 7.17. The summed E-state index contributed by atoms with van der Waals surface area (Å²) in [5.41, 5.74) is 1.95. The van der Waals surface area contributed by atoms with Crippen molar-refractivity contribution in [3.05, 3.63) is 75.1 Å². The Morgan fingerprint density at radius 3 is 2.71 bits per heavy atom. The van der Waals surface area contributed by atoms with E-state index in [0.717, 1.165) is 34.7 Å². The molecule has 0 fully saturated rings. The van der Waals surface area contributed by atoms with Gasteiger partial charge < -0.3 is 29.4 Å². The number of hydrogen-bond donors (Lipinski definition) is 2. The topological polar surface area (TPSA) is 157 Å². The highest BCUT2D eigenvalue weighted by atomic mass is 16.6. The lowest BCUT2D eigenvalue weighted by Crippen LogP contribution is -2.48. The zero-order valence-corrected chi connectivity index (χ0v) is 22.7. The molecular formula is C29H28N4O8. The number of fused-ring (bicyclic) bond motifs is 5. The number of ether oxygens (including phenoxy) is 2. The van der Waals surface area contributed by atoms with Crippen LogP contribution >= 0.6 is 0 Å². The van der Waals surface area contributed by atoms with Gasteiger partial charge in [-0.2, -0.15) is 0 Å². The zero-order chi connectivity index (χ0) is 29.5. The third-order valence-electron chi connectivity index (χ3n) is 7.17. The highest BCUT2D eigenvalue weighted by molar-refractivity contribution is 5.95. The van der Waals surface area contributed by atoms with Gasteiger partial charge in [-0.1, -0.05) is 19.1 Å². The summed E-state index contributed by atoms with van der Waals surface area (Å²) in [5, 5.41) is 11.8. The Hall–Kier alpha value is -4.84. The van der Waals surface area contributed by atoms with Gasteiger partial charge in [0, 0.05) is 35.2 Å². The van der Waals surface area contributed by atoms with Crippen LogP contribution in [0.4, 0.5) is 0 Å². The van der Waals surface area contributed by atoms with Crippen LogP contribution in [0.2, 0.25) is 0 Å². The van der Waals surface area contributed by atoms with E-state index >= 15 is 0 Å². The summed E-state index contributed by atoms with van der Waals surface area (Å²) >= 11 is 0. The maximum absolute atomic E-state index is 13.7. The average molecular weight is 561 g/mol. The molecule has 0 unspecified atom stereocenters. The maximum atomic E-state index is 13.7. The number of hydrogen-bond acceptors (Lipinski definition) is 9. The number of aliphatic carboxylic acids is 1. The van der Waals surface area contributed by atoms with Gasteiger partial charge in [-0.15, -0.1) is 0 Å². The van der Waals surface area contributed by atoms with E-state index in [9.17, 15) is 24.0 Å². The van der Waals surface area contributed by atoms with Crippen LogP contribution in [0.3, 0.4) is 0 Å². The molecule has 4 heterocycles. The molecule has 12 nitrogen and oxygen atoms in total. The minimum atomic E-state index is -1.92. The SMILES string of the molecule is CC[C@@]1(OC(=O)CNC(=O)/C=C/C(=O)O)C(=O)OCc2c1cc1n(c2=O)Cc2cc3c(CN(C)C)cccc3nc2-1. The Morgan fingerprint density at radius 2 is 2.00 bits per heavy atom. The van der Waals surface area contributed by atoms with E-state index in [4.69, 9.17) is 19.6 Å². The predicted octanol–water partition coefficient (Wildman–Crippen LogP) is 1.45. The number of cyclic esters (lactones) is 1. The van der Waals surface area contributed by atoms with Gasteiger partial charge >= 0.3 is 17.9 Å². The first-order valence-electron chi connectivity index (χ1n) is 13.0. The molecule has 3 aromatic rings. The van der Waals surface area contributed by atoms with E-state index in [-0.39, 0.29) is 29.7 Å². The van der Waals surface area contributed by atoms with E-state index < -0.39 is 36.0 Å². The molecule has 212 valence electrons. The number of amides is 1. The number of aromatic nitrogens is 2. The molecule has 0 saturated carbocycles. The molecule has 2 aliphatic rings. The molecule has 2 aliphatic heterocycles. The van der Waals surface area contributed by atoms with Gasteiger partial charge in [-0.3, -0.25) is 14.4 Å². The number of carbonyl (C=O) groups is 4. The number of benzene rings is 1. The van der Waals surface area contributed by atoms with Crippen LogP contribution in [0.25, 0.3) is 22.3 Å². The summed E-state index contributed by atoms with van der Waals surface area (Å²) in [7, 11) is 3.97. The molecule has 0 saturated heterocycles. The van der Waals surface area contributed by atoms with E-state index in [0.29, 0.717) is 24.0 Å². The van der Waals surface area contributed by atoms with E-state index in [1.165, 1.54) is 0 Å². The van der Waals surface area contributed by atoms with Crippen molar-refractivity contribution in [2.24, 2.45) is 0 Å². The summed E-state index contributed by atoms with van der Waals surface area (Å²) in [5.74, 6) is -3.96. The van der Waals surface area contributed by atoms with E-state index in [1.807, 2.05) is 38.4 Å². The summed E-state index contributed by atoms with van der Waals surface area (Å²) in [4.78, 5) is 68.9. The van der Waals surface area contributed by atoms with Crippen molar-refractivity contribution in [3.63, 3.8) is 0 Å². The largest absolute Gasteiger partial charge is 0.478 e. The van der Waals surface area contributed by atoms with Crippen LogP contribution < -0.4 is 10.9 Å². The van der Waals surface area contributed by atoms with E-state index in [1.54, 1.807) is 17.6 Å². The number of carbonyl (C=O) groups excluding carboxylic acids is 3. The van der Waals surface area contributed by atoms with Gasteiger partial charge in [0.25, 0.3) is 5.56 Å². The summed E-state index contributed by atoms with van der Waals surface area (Å²) in [6.45, 7) is 1.72.